The molecule has 1 aliphatic carbocycles. The molecule has 4 nitrogen and oxygen atoms in total. The molecule has 0 atom stereocenters. The van der Waals surface area contributed by atoms with Gasteiger partial charge in [-0.1, -0.05) is 19.1 Å². The van der Waals surface area contributed by atoms with E-state index in [0.717, 1.165) is 24.7 Å². The number of aliphatic hydroxyl groups is 1. The van der Waals surface area contributed by atoms with Crippen LogP contribution in [-0.4, -0.2) is 52.6 Å². The molecule has 4 heteroatoms. The van der Waals surface area contributed by atoms with Crippen molar-refractivity contribution in [2.24, 2.45) is 0 Å². The summed E-state index contributed by atoms with van der Waals surface area (Å²) in [6.07, 6.45) is 2.30. The van der Waals surface area contributed by atoms with Crippen LogP contribution in [0.1, 0.15) is 35.7 Å². The minimum absolute atomic E-state index is 0.0244. The smallest absolute Gasteiger partial charge is 0.254 e. The molecule has 0 bridgehead atoms. The van der Waals surface area contributed by atoms with Gasteiger partial charge >= 0.3 is 0 Å². The number of carbonyl (C=O) groups excluding carboxylic acids is 1. The maximum atomic E-state index is 12.1. The quantitative estimate of drug-likeness (QED) is 0.884. The van der Waals surface area contributed by atoms with Crippen molar-refractivity contribution in [2.75, 3.05) is 19.6 Å². The van der Waals surface area contributed by atoms with Crippen molar-refractivity contribution in [3.8, 4) is 0 Å². The van der Waals surface area contributed by atoms with Gasteiger partial charge in [0.1, 0.15) is 0 Å². The number of β-amino-alcohol motifs (C(OH)–C–C–N with tert-alkyl or cyclic N) is 1. The number of benzene rings is 1. The van der Waals surface area contributed by atoms with Crippen LogP contribution >= 0.6 is 0 Å². The van der Waals surface area contributed by atoms with Gasteiger partial charge in [-0.25, -0.2) is 0 Å². The minimum Gasteiger partial charge on any atom is -0.389 e. The fourth-order valence-electron chi connectivity index (χ4n) is 2.73. The SMILES string of the molecule is CCN(Cc1ccc(C(=O)N2CC(O)C2)cc1)C1CC1. The summed E-state index contributed by atoms with van der Waals surface area (Å²) in [6.45, 7) is 5.18. The molecule has 1 N–H and O–H groups in total. The molecule has 1 saturated heterocycles. The van der Waals surface area contributed by atoms with Crippen LogP contribution < -0.4 is 0 Å². The normalized spacial score (nSPS) is 19.2. The second-order valence-corrected chi connectivity index (χ2v) is 5.86. The Bertz CT molecular complexity index is 476. The lowest BCUT2D eigenvalue weighted by molar-refractivity contribution is 0.00589. The fraction of sp³-hybridized carbons (Fsp3) is 0.562. The number of hydrogen-bond donors (Lipinski definition) is 1. The van der Waals surface area contributed by atoms with Crippen molar-refractivity contribution in [2.45, 2.75) is 38.5 Å². The molecular formula is C16H22N2O2. The maximum absolute atomic E-state index is 12.1. The number of hydrogen-bond acceptors (Lipinski definition) is 3. The average Bonchev–Trinajstić information content (AvgIpc) is 3.26. The molecule has 0 spiro atoms. The van der Waals surface area contributed by atoms with Gasteiger partial charge in [0.2, 0.25) is 0 Å². The number of nitrogens with zero attached hydrogens (tertiary/aromatic N) is 2. The lowest BCUT2D eigenvalue weighted by Gasteiger charge is -2.35. The second kappa shape index (κ2) is 5.54. The van der Waals surface area contributed by atoms with Crippen molar-refractivity contribution in [1.29, 1.82) is 0 Å². The van der Waals surface area contributed by atoms with E-state index in [1.165, 1.54) is 18.4 Å². The van der Waals surface area contributed by atoms with Gasteiger partial charge in [0.05, 0.1) is 6.10 Å². The Morgan fingerprint density at radius 2 is 1.95 bits per heavy atom. The van der Waals surface area contributed by atoms with Gasteiger partial charge in [0.15, 0.2) is 0 Å². The van der Waals surface area contributed by atoms with E-state index in [2.05, 4.69) is 24.0 Å². The first-order valence-electron chi connectivity index (χ1n) is 7.47. The summed E-state index contributed by atoms with van der Waals surface area (Å²) in [5, 5.41) is 9.24. The van der Waals surface area contributed by atoms with Gasteiger partial charge in [-0.05, 0) is 37.1 Å². The van der Waals surface area contributed by atoms with Crippen LogP contribution in [-0.2, 0) is 6.54 Å². The van der Waals surface area contributed by atoms with Crippen LogP contribution in [0.2, 0.25) is 0 Å². The molecule has 20 heavy (non-hydrogen) atoms. The molecule has 0 unspecified atom stereocenters. The van der Waals surface area contributed by atoms with Crippen LogP contribution in [0.5, 0.6) is 0 Å². The fourth-order valence-corrected chi connectivity index (χ4v) is 2.73. The second-order valence-electron chi connectivity index (χ2n) is 5.86. The van der Waals surface area contributed by atoms with Gasteiger partial charge in [0.25, 0.3) is 5.91 Å². The van der Waals surface area contributed by atoms with E-state index in [9.17, 15) is 9.90 Å². The zero-order valence-corrected chi connectivity index (χ0v) is 12.0. The maximum Gasteiger partial charge on any atom is 0.254 e. The standard InChI is InChI=1S/C16H22N2O2/c1-2-17(14-7-8-14)9-12-3-5-13(6-4-12)16(20)18-10-15(19)11-18/h3-6,14-15,19H,2,7-11H2,1H3. The molecule has 108 valence electrons. The molecule has 1 heterocycles. The first kappa shape index (κ1) is 13.6. The molecule has 2 fully saturated rings. The van der Waals surface area contributed by atoms with E-state index in [0.29, 0.717) is 13.1 Å². The van der Waals surface area contributed by atoms with Gasteiger partial charge < -0.3 is 10.0 Å². The highest BCUT2D eigenvalue weighted by atomic mass is 16.3. The number of aliphatic hydroxyl groups excluding tert-OH is 1. The van der Waals surface area contributed by atoms with Gasteiger partial charge in [-0.3, -0.25) is 9.69 Å². The number of carbonyl (C=O) groups is 1. The summed E-state index contributed by atoms with van der Waals surface area (Å²) in [5.74, 6) is 0.0244. The Morgan fingerprint density at radius 3 is 2.45 bits per heavy atom. The monoisotopic (exact) mass is 274 g/mol. The lowest BCUT2D eigenvalue weighted by Crippen LogP contribution is -2.53. The summed E-state index contributed by atoms with van der Waals surface area (Å²) in [5.41, 5.74) is 1.98. The predicted octanol–water partition coefficient (Wildman–Crippen LogP) is 1.49. The summed E-state index contributed by atoms with van der Waals surface area (Å²) in [6, 6.07) is 8.68. The number of likely N-dealkylation sites (tertiary alicyclic amines) is 1. The molecule has 0 radical (unpaired) electrons. The molecule has 1 aromatic carbocycles. The topological polar surface area (TPSA) is 43.8 Å². The summed E-state index contributed by atoms with van der Waals surface area (Å²) >= 11 is 0. The van der Waals surface area contributed by atoms with E-state index >= 15 is 0 Å². The highest BCUT2D eigenvalue weighted by Gasteiger charge is 2.30. The van der Waals surface area contributed by atoms with Gasteiger partial charge in [-0.15, -0.1) is 0 Å². The Morgan fingerprint density at radius 1 is 1.30 bits per heavy atom. The van der Waals surface area contributed by atoms with E-state index in [1.807, 2.05) is 12.1 Å². The first-order valence-corrected chi connectivity index (χ1v) is 7.47. The van der Waals surface area contributed by atoms with Crippen LogP contribution in [0.25, 0.3) is 0 Å². The van der Waals surface area contributed by atoms with Gasteiger partial charge in [0, 0.05) is 31.2 Å². The zero-order chi connectivity index (χ0) is 14.1. The highest BCUT2D eigenvalue weighted by molar-refractivity contribution is 5.94. The molecule has 3 rings (SSSR count). The summed E-state index contributed by atoms with van der Waals surface area (Å²) in [4.78, 5) is 16.3. The van der Waals surface area contributed by atoms with E-state index < -0.39 is 0 Å². The van der Waals surface area contributed by atoms with Gasteiger partial charge in [-0.2, -0.15) is 0 Å². The molecule has 1 amide bonds. The Balaban J connectivity index is 1.60. The van der Waals surface area contributed by atoms with Crippen LogP contribution in [0, 0.1) is 0 Å². The molecule has 1 aromatic rings. The van der Waals surface area contributed by atoms with Crippen molar-refractivity contribution in [1.82, 2.24) is 9.80 Å². The number of amides is 1. The lowest BCUT2D eigenvalue weighted by atomic mass is 10.1. The summed E-state index contributed by atoms with van der Waals surface area (Å²) < 4.78 is 0. The third kappa shape index (κ3) is 2.86. The Kier molecular flexibility index (Phi) is 3.76. The molecule has 1 aliphatic heterocycles. The van der Waals surface area contributed by atoms with E-state index in [-0.39, 0.29) is 12.0 Å². The van der Waals surface area contributed by atoms with Crippen LogP contribution in [0.3, 0.4) is 0 Å². The average molecular weight is 274 g/mol. The first-order chi connectivity index (χ1) is 9.67. The van der Waals surface area contributed by atoms with Crippen LogP contribution in [0.15, 0.2) is 24.3 Å². The zero-order valence-electron chi connectivity index (χ0n) is 12.0. The molecule has 0 aromatic heterocycles. The molecular weight excluding hydrogens is 252 g/mol. The van der Waals surface area contributed by atoms with Crippen molar-refractivity contribution in [3.63, 3.8) is 0 Å². The highest BCUT2D eigenvalue weighted by Crippen LogP contribution is 2.28. The third-order valence-corrected chi connectivity index (χ3v) is 4.21. The van der Waals surface area contributed by atoms with E-state index in [1.54, 1.807) is 4.90 Å². The molecule has 1 saturated carbocycles. The summed E-state index contributed by atoms with van der Waals surface area (Å²) in [7, 11) is 0. The Hall–Kier alpha value is -1.39. The van der Waals surface area contributed by atoms with Crippen molar-refractivity contribution in [3.05, 3.63) is 35.4 Å². The minimum atomic E-state index is -0.338. The Labute approximate surface area is 120 Å². The predicted molar refractivity (Wildman–Crippen MR) is 77.5 cm³/mol. The van der Waals surface area contributed by atoms with Crippen molar-refractivity contribution >= 4 is 5.91 Å². The van der Waals surface area contributed by atoms with E-state index in [4.69, 9.17) is 0 Å². The molecule has 2 aliphatic rings. The third-order valence-electron chi connectivity index (χ3n) is 4.21. The van der Waals surface area contributed by atoms with Crippen molar-refractivity contribution < 1.29 is 9.90 Å². The number of rotatable bonds is 5. The largest absolute Gasteiger partial charge is 0.389 e. The van der Waals surface area contributed by atoms with Crippen LogP contribution in [0.4, 0.5) is 0 Å².